The van der Waals surface area contributed by atoms with Crippen LogP contribution < -0.4 is 10.6 Å². The van der Waals surface area contributed by atoms with Gasteiger partial charge in [-0.2, -0.15) is 0 Å². The fourth-order valence-corrected chi connectivity index (χ4v) is 0.935. The smallest absolute Gasteiger partial charge is 0.222 e. The van der Waals surface area contributed by atoms with Crippen LogP contribution in [0.5, 0.6) is 0 Å². The molecule has 0 bridgehead atoms. The highest BCUT2D eigenvalue weighted by molar-refractivity contribution is 5.78. The molecule has 3 nitrogen and oxygen atoms in total. The molecule has 0 rings (SSSR count). The molecule has 0 fully saturated rings. The minimum absolute atomic E-state index is 0.145. The molecular weight excluding hydrogens is 164 g/mol. The lowest BCUT2D eigenvalue weighted by Gasteiger charge is -2.09. The summed E-state index contributed by atoms with van der Waals surface area (Å²) in [5.74, 6) is 0.312. The van der Waals surface area contributed by atoms with Crippen LogP contribution in [0.3, 0.4) is 0 Å². The summed E-state index contributed by atoms with van der Waals surface area (Å²) in [6, 6.07) is 0. The Labute approximate surface area is 81.3 Å². The molecule has 78 valence electrons. The van der Waals surface area contributed by atoms with Crippen LogP contribution in [0.2, 0.25) is 0 Å². The number of hydrogen-bond acceptors (Lipinski definition) is 2. The van der Waals surface area contributed by atoms with E-state index in [4.69, 9.17) is 0 Å². The van der Waals surface area contributed by atoms with Crippen molar-refractivity contribution in [1.29, 1.82) is 0 Å². The summed E-state index contributed by atoms with van der Waals surface area (Å²) in [6.07, 6.45) is 2.05. The zero-order chi connectivity index (χ0) is 10.1. The van der Waals surface area contributed by atoms with E-state index in [0.717, 1.165) is 32.5 Å². The third-order valence-corrected chi connectivity index (χ3v) is 2.09. The summed E-state index contributed by atoms with van der Waals surface area (Å²) in [5, 5.41) is 6.12. The first-order valence-corrected chi connectivity index (χ1v) is 5.20. The maximum Gasteiger partial charge on any atom is 0.222 e. The summed E-state index contributed by atoms with van der Waals surface area (Å²) >= 11 is 0. The van der Waals surface area contributed by atoms with Gasteiger partial charge in [-0.15, -0.1) is 0 Å². The number of rotatable bonds is 7. The standard InChI is InChI=1S/C10H22N2O/c1-4-6-11-7-8-12-10(13)9(3)5-2/h9,11H,4-8H2,1-3H3,(H,12,13). The number of amides is 1. The van der Waals surface area contributed by atoms with Crippen LogP contribution in [0, 0.1) is 5.92 Å². The second-order valence-corrected chi connectivity index (χ2v) is 3.35. The lowest BCUT2D eigenvalue weighted by molar-refractivity contribution is -0.124. The van der Waals surface area contributed by atoms with Crippen LogP contribution in [-0.2, 0) is 4.79 Å². The van der Waals surface area contributed by atoms with Crippen molar-refractivity contribution in [2.75, 3.05) is 19.6 Å². The summed E-state index contributed by atoms with van der Waals surface area (Å²) in [5.41, 5.74) is 0. The number of nitrogens with one attached hydrogen (secondary N) is 2. The number of carbonyl (C=O) groups is 1. The molecule has 0 saturated carbocycles. The van der Waals surface area contributed by atoms with Crippen molar-refractivity contribution < 1.29 is 4.79 Å². The zero-order valence-corrected chi connectivity index (χ0v) is 9.02. The van der Waals surface area contributed by atoms with Crippen LogP contribution in [0.15, 0.2) is 0 Å². The number of carbonyl (C=O) groups excluding carboxylic acids is 1. The molecule has 0 spiro atoms. The van der Waals surface area contributed by atoms with Crippen molar-refractivity contribution >= 4 is 5.91 Å². The van der Waals surface area contributed by atoms with E-state index in [9.17, 15) is 4.79 Å². The first kappa shape index (κ1) is 12.4. The zero-order valence-electron chi connectivity index (χ0n) is 9.02. The van der Waals surface area contributed by atoms with Crippen molar-refractivity contribution in [3.05, 3.63) is 0 Å². The fraction of sp³-hybridized carbons (Fsp3) is 0.900. The second kappa shape index (κ2) is 8.05. The second-order valence-electron chi connectivity index (χ2n) is 3.35. The van der Waals surface area contributed by atoms with Crippen molar-refractivity contribution in [2.24, 2.45) is 5.92 Å². The number of hydrogen-bond donors (Lipinski definition) is 2. The van der Waals surface area contributed by atoms with Gasteiger partial charge in [0, 0.05) is 19.0 Å². The van der Waals surface area contributed by atoms with Crippen molar-refractivity contribution in [3.8, 4) is 0 Å². The van der Waals surface area contributed by atoms with E-state index in [-0.39, 0.29) is 11.8 Å². The third kappa shape index (κ3) is 6.58. The highest BCUT2D eigenvalue weighted by atomic mass is 16.1. The molecule has 0 aliphatic carbocycles. The van der Waals surface area contributed by atoms with Gasteiger partial charge < -0.3 is 10.6 Å². The van der Waals surface area contributed by atoms with Crippen molar-refractivity contribution in [1.82, 2.24) is 10.6 Å². The summed E-state index contributed by atoms with van der Waals surface area (Å²) < 4.78 is 0. The molecule has 0 saturated heterocycles. The maximum atomic E-state index is 11.3. The van der Waals surface area contributed by atoms with Crippen molar-refractivity contribution in [3.63, 3.8) is 0 Å². The monoisotopic (exact) mass is 186 g/mol. The Morgan fingerprint density at radius 3 is 2.46 bits per heavy atom. The summed E-state index contributed by atoms with van der Waals surface area (Å²) in [6.45, 7) is 8.75. The molecule has 3 heteroatoms. The Bertz CT molecular complexity index is 137. The lowest BCUT2D eigenvalue weighted by atomic mass is 10.1. The van der Waals surface area contributed by atoms with E-state index >= 15 is 0 Å². The van der Waals surface area contributed by atoms with Crippen LogP contribution in [-0.4, -0.2) is 25.5 Å². The largest absolute Gasteiger partial charge is 0.355 e. The summed E-state index contributed by atoms with van der Waals surface area (Å²) in [7, 11) is 0. The molecule has 0 aromatic heterocycles. The molecule has 2 N–H and O–H groups in total. The average Bonchev–Trinajstić information content (AvgIpc) is 2.16. The topological polar surface area (TPSA) is 41.1 Å². The minimum Gasteiger partial charge on any atom is -0.355 e. The van der Waals surface area contributed by atoms with Gasteiger partial charge in [0.25, 0.3) is 0 Å². The van der Waals surface area contributed by atoms with Gasteiger partial charge in [-0.3, -0.25) is 4.79 Å². The normalized spacial score (nSPS) is 12.5. The first-order valence-electron chi connectivity index (χ1n) is 5.20. The molecule has 0 aromatic rings. The molecule has 0 aliphatic rings. The van der Waals surface area contributed by atoms with Gasteiger partial charge in [-0.05, 0) is 19.4 Å². The molecule has 0 aromatic carbocycles. The van der Waals surface area contributed by atoms with E-state index in [0.29, 0.717) is 0 Å². The Kier molecular flexibility index (Phi) is 7.69. The lowest BCUT2D eigenvalue weighted by Crippen LogP contribution is -2.35. The van der Waals surface area contributed by atoms with Crippen LogP contribution in [0.1, 0.15) is 33.6 Å². The van der Waals surface area contributed by atoms with Gasteiger partial charge in [0.15, 0.2) is 0 Å². The molecule has 1 unspecified atom stereocenters. The van der Waals surface area contributed by atoms with Crippen LogP contribution in [0.25, 0.3) is 0 Å². The van der Waals surface area contributed by atoms with Gasteiger partial charge in [0.05, 0.1) is 0 Å². The summed E-state index contributed by atoms with van der Waals surface area (Å²) in [4.78, 5) is 11.3. The Morgan fingerprint density at radius 1 is 1.23 bits per heavy atom. The molecule has 0 radical (unpaired) electrons. The van der Waals surface area contributed by atoms with E-state index in [1.54, 1.807) is 0 Å². The highest BCUT2D eigenvalue weighted by Gasteiger charge is 2.08. The van der Waals surface area contributed by atoms with Crippen LogP contribution in [0.4, 0.5) is 0 Å². The SMILES string of the molecule is CCCNCCNC(=O)C(C)CC. The quantitative estimate of drug-likeness (QED) is 0.586. The van der Waals surface area contributed by atoms with E-state index in [1.165, 1.54) is 0 Å². The fourth-order valence-electron chi connectivity index (χ4n) is 0.935. The van der Waals surface area contributed by atoms with Gasteiger partial charge in [-0.25, -0.2) is 0 Å². The van der Waals surface area contributed by atoms with E-state index < -0.39 is 0 Å². The van der Waals surface area contributed by atoms with Gasteiger partial charge >= 0.3 is 0 Å². The van der Waals surface area contributed by atoms with Gasteiger partial charge in [-0.1, -0.05) is 20.8 Å². The van der Waals surface area contributed by atoms with Crippen molar-refractivity contribution in [2.45, 2.75) is 33.6 Å². The molecule has 13 heavy (non-hydrogen) atoms. The van der Waals surface area contributed by atoms with E-state index in [1.807, 2.05) is 13.8 Å². The molecular formula is C10H22N2O. The molecule has 0 heterocycles. The Balaban J connectivity index is 3.27. The average molecular weight is 186 g/mol. The predicted octanol–water partition coefficient (Wildman–Crippen LogP) is 1.15. The van der Waals surface area contributed by atoms with E-state index in [2.05, 4.69) is 17.6 Å². The molecule has 0 aliphatic heterocycles. The first-order chi connectivity index (χ1) is 6.22. The van der Waals surface area contributed by atoms with Gasteiger partial charge in [0.2, 0.25) is 5.91 Å². The highest BCUT2D eigenvalue weighted by Crippen LogP contribution is 1.98. The van der Waals surface area contributed by atoms with Crippen LogP contribution >= 0.6 is 0 Å². The predicted molar refractivity (Wildman–Crippen MR) is 55.6 cm³/mol. The molecule has 1 atom stereocenters. The third-order valence-electron chi connectivity index (χ3n) is 2.09. The Hall–Kier alpha value is -0.570. The molecule has 1 amide bonds. The minimum atomic E-state index is 0.145. The Morgan fingerprint density at radius 2 is 1.92 bits per heavy atom. The van der Waals surface area contributed by atoms with Gasteiger partial charge in [0.1, 0.15) is 0 Å². The maximum absolute atomic E-state index is 11.3.